The average Bonchev–Trinajstić information content (AvgIpc) is 3.09. The van der Waals surface area contributed by atoms with Crippen LogP contribution in [0.2, 0.25) is 0 Å². The number of hydrogen-bond acceptors (Lipinski definition) is 3. The van der Waals surface area contributed by atoms with Crippen LogP contribution in [-0.4, -0.2) is 45.0 Å². The third-order valence-corrected chi connectivity index (χ3v) is 3.49. The quantitative estimate of drug-likeness (QED) is 0.827. The summed E-state index contributed by atoms with van der Waals surface area (Å²) in [5, 5.41) is 3.32. The summed E-state index contributed by atoms with van der Waals surface area (Å²) in [4.78, 5) is 21.7. The number of imidazole rings is 1. The number of rotatable bonds is 2. The number of nitrogens with one attached hydrogen (secondary N) is 2. The summed E-state index contributed by atoms with van der Waals surface area (Å²) in [7, 11) is 1.95. The zero-order chi connectivity index (χ0) is 13.2. The van der Waals surface area contributed by atoms with E-state index < -0.39 is 0 Å². The van der Waals surface area contributed by atoms with Crippen molar-refractivity contribution in [2.75, 3.05) is 19.6 Å². The molecule has 6 heteroatoms. The molecule has 1 aliphatic heterocycles. The van der Waals surface area contributed by atoms with E-state index in [2.05, 4.69) is 15.3 Å². The summed E-state index contributed by atoms with van der Waals surface area (Å²) >= 11 is 0. The van der Waals surface area contributed by atoms with E-state index in [4.69, 9.17) is 0 Å². The minimum absolute atomic E-state index is 0.0236. The zero-order valence-corrected chi connectivity index (χ0v) is 10.8. The monoisotopic (exact) mass is 259 g/mol. The largest absolute Gasteiger partial charge is 0.357 e. The molecule has 2 N–H and O–H groups in total. The van der Waals surface area contributed by atoms with E-state index in [0.717, 1.165) is 18.9 Å². The van der Waals surface area contributed by atoms with Gasteiger partial charge in [0.15, 0.2) is 0 Å². The summed E-state index contributed by atoms with van der Waals surface area (Å²) in [5.41, 5.74) is 0.626. The average molecular weight is 259 g/mol. The molecule has 1 saturated heterocycles. The molecule has 19 heavy (non-hydrogen) atoms. The predicted molar refractivity (Wildman–Crippen MR) is 70.6 cm³/mol. The first kappa shape index (κ1) is 12.0. The van der Waals surface area contributed by atoms with Gasteiger partial charge in [-0.25, -0.2) is 4.98 Å². The number of amides is 1. The summed E-state index contributed by atoms with van der Waals surface area (Å²) in [6, 6.07) is 3.62. The van der Waals surface area contributed by atoms with E-state index in [1.807, 2.05) is 28.8 Å². The van der Waals surface area contributed by atoms with Crippen LogP contribution in [0, 0.1) is 0 Å². The lowest BCUT2D eigenvalue weighted by Gasteiger charge is -2.35. The molecule has 2 aromatic rings. The van der Waals surface area contributed by atoms with Crippen molar-refractivity contribution in [3.63, 3.8) is 0 Å². The maximum Gasteiger partial charge on any atom is 0.270 e. The van der Waals surface area contributed by atoms with Crippen molar-refractivity contribution in [3.05, 3.63) is 42.2 Å². The standard InChI is InChI=1S/C13H17N5O/c1-17-7-6-16-12(17)11-9-14-5-8-18(11)13(19)10-3-2-4-15-10/h2-4,6-7,11,14-15H,5,8-9H2,1H3. The molecule has 6 nitrogen and oxygen atoms in total. The molecular formula is C13H17N5O. The van der Waals surface area contributed by atoms with Crippen LogP contribution < -0.4 is 5.32 Å². The van der Waals surface area contributed by atoms with E-state index in [-0.39, 0.29) is 11.9 Å². The molecule has 0 saturated carbocycles. The smallest absolute Gasteiger partial charge is 0.270 e. The Bertz CT molecular complexity index is 559. The lowest BCUT2D eigenvalue weighted by Crippen LogP contribution is -2.49. The SMILES string of the molecule is Cn1ccnc1C1CNCCN1C(=O)c1ccc[nH]1. The molecule has 1 amide bonds. The van der Waals surface area contributed by atoms with Gasteiger partial charge < -0.3 is 19.8 Å². The van der Waals surface area contributed by atoms with Crippen LogP contribution >= 0.6 is 0 Å². The van der Waals surface area contributed by atoms with E-state index >= 15 is 0 Å². The predicted octanol–water partition coefficient (Wildman–Crippen LogP) is 0.535. The molecule has 1 aliphatic rings. The van der Waals surface area contributed by atoms with Crippen LogP contribution in [0.25, 0.3) is 0 Å². The zero-order valence-electron chi connectivity index (χ0n) is 10.8. The van der Waals surface area contributed by atoms with Crippen LogP contribution in [0.5, 0.6) is 0 Å². The number of nitrogens with zero attached hydrogens (tertiary/aromatic N) is 3. The fourth-order valence-corrected chi connectivity index (χ4v) is 2.49. The second-order valence-electron chi connectivity index (χ2n) is 4.70. The highest BCUT2D eigenvalue weighted by Gasteiger charge is 2.31. The van der Waals surface area contributed by atoms with Crippen LogP contribution in [0.4, 0.5) is 0 Å². The fraction of sp³-hybridized carbons (Fsp3) is 0.385. The highest BCUT2D eigenvalue weighted by atomic mass is 16.2. The van der Waals surface area contributed by atoms with E-state index in [1.165, 1.54) is 0 Å². The van der Waals surface area contributed by atoms with E-state index in [9.17, 15) is 4.79 Å². The Morgan fingerprint density at radius 1 is 1.53 bits per heavy atom. The first-order valence-electron chi connectivity index (χ1n) is 6.39. The number of aromatic nitrogens is 3. The number of aryl methyl sites for hydroxylation is 1. The van der Waals surface area contributed by atoms with Crippen LogP contribution in [0.1, 0.15) is 22.4 Å². The fourth-order valence-electron chi connectivity index (χ4n) is 2.49. The van der Waals surface area contributed by atoms with E-state index in [1.54, 1.807) is 18.5 Å². The van der Waals surface area contributed by atoms with Gasteiger partial charge in [-0.3, -0.25) is 4.79 Å². The Morgan fingerprint density at radius 2 is 2.42 bits per heavy atom. The van der Waals surface area contributed by atoms with Gasteiger partial charge in [0.25, 0.3) is 5.91 Å². The number of aromatic amines is 1. The van der Waals surface area contributed by atoms with Crippen LogP contribution in [-0.2, 0) is 7.05 Å². The molecule has 0 radical (unpaired) electrons. The van der Waals surface area contributed by atoms with Crippen molar-refractivity contribution < 1.29 is 4.79 Å². The number of carbonyl (C=O) groups excluding carboxylic acids is 1. The number of piperazine rings is 1. The topological polar surface area (TPSA) is 66.0 Å². The third kappa shape index (κ3) is 2.15. The minimum atomic E-state index is -0.0236. The molecule has 0 aliphatic carbocycles. The summed E-state index contributed by atoms with van der Waals surface area (Å²) in [5.74, 6) is 0.937. The summed E-state index contributed by atoms with van der Waals surface area (Å²) in [6.45, 7) is 2.24. The first-order valence-corrected chi connectivity index (χ1v) is 6.39. The van der Waals surface area contributed by atoms with Crippen molar-refractivity contribution in [1.29, 1.82) is 0 Å². The molecule has 100 valence electrons. The molecule has 3 rings (SSSR count). The van der Waals surface area contributed by atoms with Crippen molar-refractivity contribution >= 4 is 5.91 Å². The number of hydrogen-bond donors (Lipinski definition) is 2. The van der Waals surface area contributed by atoms with Crippen molar-refractivity contribution in [2.24, 2.45) is 7.05 Å². The maximum absolute atomic E-state index is 12.5. The molecule has 0 spiro atoms. The Morgan fingerprint density at radius 3 is 3.11 bits per heavy atom. The van der Waals surface area contributed by atoms with Crippen LogP contribution in [0.3, 0.4) is 0 Å². The molecule has 0 aromatic carbocycles. The van der Waals surface area contributed by atoms with Crippen molar-refractivity contribution in [2.45, 2.75) is 6.04 Å². The molecule has 1 unspecified atom stereocenters. The Labute approximate surface area is 111 Å². The van der Waals surface area contributed by atoms with Gasteiger partial charge in [0.2, 0.25) is 0 Å². The lowest BCUT2D eigenvalue weighted by molar-refractivity contribution is 0.0615. The highest BCUT2D eigenvalue weighted by Crippen LogP contribution is 2.22. The number of carbonyl (C=O) groups is 1. The highest BCUT2D eigenvalue weighted by molar-refractivity contribution is 5.92. The van der Waals surface area contributed by atoms with Gasteiger partial charge in [-0.05, 0) is 12.1 Å². The summed E-state index contributed by atoms with van der Waals surface area (Å²) in [6.07, 6.45) is 5.44. The summed E-state index contributed by atoms with van der Waals surface area (Å²) < 4.78 is 1.96. The van der Waals surface area contributed by atoms with Gasteiger partial charge in [-0.2, -0.15) is 0 Å². The maximum atomic E-state index is 12.5. The normalized spacial score (nSPS) is 19.6. The molecule has 1 fully saturated rings. The van der Waals surface area contributed by atoms with Gasteiger partial charge in [-0.15, -0.1) is 0 Å². The van der Waals surface area contributed by atoms with Crippen LogP contribution in [0.15, 0.2) is 30.7 Å². The second-order valence-corrected chi connectivity index (χ2v) is 4.70. The van der Waals surface area contributed by atoms with Gasteiger partial charge in [0, 0.05) is 45.3 Å². The van der Waals surface area contributed by atoms with Gasteiger partial charge in [-0.1, -0.05) is 0 Å². The van der Waals surface area contributed by atoms with Gasteiger partial charge in [0.05, 0.1) is 0 Å². The molecular weight excluding hydrogens is 242 g/mol. The van der Waals surface area contributed by atoms with Crippen molar-refractivity contribution in [3.8, 4) is 0 Å². The molecule has 3 heterocycles. The van der Waals surface area contributed by atoms with Gasteiger partial charge >= 0.3 is 0 Å². The molecule has 1 atom stereocenters. The van der Waals surface area contributed by atoms with Crippen molar-refractivity contribution in [1.82, 2.24) is 24.8 Å². The lowest BCUT2D eigenvalue weighted by atomic mass is 10.1. The van der Waals surface area contributed by atoms with E-state index in [0.29, 0.717) is 12.2 Å². The molecule has 2 aromatic heterocycles. The number of H-pyrrole nitrogens is 1. The Hall–Kier alpha value is -2.08. The Kier molecular flexibility index (Phi) is 3.08. The molecule has 0 bridgehead atoms. The first-order chi connectivity index (χ1) is 9.27. The minimum Gasteiger partial charge on any atom is -0.357 e. The second kappa shape index (κ2) is 4.89. The van der Waals surface area contributed by atoms with Gasteiger partial charge in [0.1, 0.15) is 17.6 Å². The third-order valence-electron chi connectivity index (χ3n) is 3.49. The Balaban J connectivity index is 1.90.